The maximum Gasteiger partial charge on any atom is 0.334 e. The molecule has 0 aliphatic heterocycles. The minimum atomic E-state index is -3.94. The highest BCUT2D eigenvalue weighted by Crippen LogP contribution is 2.37. The first-order chi connectivity index (χ1) is 8.29. The normalized spacial score (nSPS) is 11.5. The summed E-state index contributed by atoms with van der Waals surface area (Å²) in [4.78, 5) is 20.8. The summed E-state index contributed by atoms with van der Waals surface area (Å²) < 4.78 is 23.4. The molecule has 0 aliphatic rings. The molecule has 0 bridgehead atoms. The van der Waals surface area contributed by atoms with Crippen molar-refractivity contribution in [2.24, 2.45) is 0 Å². The molecule has 0 spiro atoms. The molecule has 0 radical (unpaired) electrons. The number of ether oxygens (including phenoxy) is 1. The van der Waals surface area contributed by atoms with E-state index in [9.17, 15) is 14.3 Å². The Kier molecular flexibility index (Phi) is 12.1. The monoisotopic (exact) mass is 283 g/mol. The Labute approximate surface area is 107 Å². The van der Waals surface area contributed by atoms with E-state index in [0.717, 1.165) is 6.08 Å². The number of hydrogen-bond donors (Lipinski definition) is 1. The highest BCUT2D eigenvalue weighted by molar-refractivity contribution is 7.45. The summed E-state index contributed by atoms with van der Waals surface area (Å²) >= 11 is 0. The molecule has 0 atom stereocenters. The Bertz CT molecular complexity index is 287. The van der Waals surface area contributed by atoms with Gasteiger partial charge in [0.25, 0.3) is 7.82 Å². The number of carbonyl (C=O) groups excluding carboxylic acids is 1. The molecule has 0 aromatic rings. The summed E-state index contributed by atoms with van der Waals surface area (Å²) in [6.07, 6.45) is 1.03. The van der Waals surface area contributed by atoms with E-state index >= 15 is 0 Å². The van der Waals surface area contributed by atoms with Crippen LogP contribution in [0.1, 0.15) is 27.7 Å². The Morgan fingerprint density at radius 1 is 1.22 bits per heavy atom. The van der Waals surface area contributed by atoms with Gasteiger partial charge >= 0.3 is 5.97 Å². The largest absolute Gasteiger partial charge is 0.756 e. The fourth-order valence-corrected chi connectivity index (χ4v) is 1.41. The summed E-state index contributed by atoms with van der Waals surface area (Å²) in [5, 5.41) is 8.51. The molecule has 1 N–H and O–H groups in total. The van der Waals surface area contributed by atoms with Gasteiger partial charge in [0.05, 0.1) is 31.7 Å². The molecule has 18 heavy (non-hydrogen) atoms. The van der Waals surface area contributed by atoms with Crippen molar-refractivity contribution < 1.29 is 33.1 Å². The fourth-order valence-electron chi connectivity index (χ4n) is 0.708. The lowest BCUT2D eigenvalue weighted by atomic mass is 10.5. The van der Waals surface area contributed by atoms with E-state index in [1.165, 1.54) is 6.92 Å². The Hall–Kier alpha value is -0.880. The van der Waals surface area contributed by atoms with E-state index in [0.29, 0.717) is 6.61 Å². The van der Waals surface area contributed by atoms with Crippen LogP contribution in [-0.4, -0.2) is 30.9 Å². The number of allylic oxidation sites excluding steroid dienone is 1. The predicted molar refractivity (Wildman–Crippen MR) is 63.9 cm³/mol. The smallest absolute Gasteiger partial charge is 0.334 e. The van der Waals surface area contributed by atoms with Gasteiger partial charge in [-0.1, -0.05) is 0 Å². The molecule has 0 heterocycles. The average molecular weight is 283 g/mol. The van der Waals surface area contributed by atoms with Gasteiger partial charge in [-0.25, -0.2) is 4.79 Å². The molecule has 0 fully saturated rings. The standard InChI is InChI=1S/C6H10O3.C4H11O4P/c1-3-9-6(8)4-5(2)7;1-3-7-9(5,6)8-4-2/h4,7H,3H2,1-2H3;3-4H2,1-2H3,(H,5,6)/p-1/b5-4-;. The van der Waals surface area contributed by atoms with Crippen molar-refractivity contribution >= 4 is 13.8 Å². The van der Waals surface area contributed by atoms with Crippen LogP contribution in [0.4, 0.5) is 0 Å². The van der Waals surface area contributed by atoms with Crippen LogP contribution in [-0.2, 0) is 23.1 Å². The lowest BCUT2D eigenvalue weighted by molar-refractivity contribution is -0.224. The van der Waals surface area contributed by atoms with Gasteiger partial charge in [0, 0.05) is 0 Å². The Morgan fingerprint density at radius 3 is 1.94 bits per heavy atom. The first-order valence-electron chi connectivity index (χ1n) is 5.43. The molecule has 0 aliphatic carbocycles. The number of phosphoric ester groups is 1. The number of aliphatic hydroxyl groups excluding tert-OH is 1. The molecule has 0 unspecified atom stereocenters. The quantitative estimate of drug-likeness (QED) is 0.341. The fraction of sp³-hybridized carbons (Fsp3) is 0.700. The summed E-state index contributed by atoms with van der Waals surface area (Å²) in [7, 11) is -3.94. The minimum absolute atomic E-state index is 0.0338. The van der Waals surface area contributed by atoms with Crippen molar-refractivity contribution in [2.75, 3.05) is 19.8 Å². The molecule has 108 valence electrons. The van der Waals surface area contributed by atoms with Crippen molar-refractivity contribution in [2.45, 2.75) is 27.7 Å². The topological polar surface area (TPSA) is 105 Å². The second kappa shape index (κ2) is 11.2. The average Bonchev–Trinajstić information content (AvgIpc) is 2.16. The van der Waals surface area contributed by atoms with Crippen LogP contribution in [0.3, 0.4) is 0 Å². The molecule has 0 rings (SSSR count). The first kappa shape index (κ1) is 19.5. The van der Waals surface area contributed by atoms with Crippen molar-refractivity contribution in [3.05, 3.63) is 11.8 Å². The second-order valence-corrected chi connectivity index (χ2v) is 4.23. The van der Waals surface area contributed by atoms with E-state index < -0.39 is 13.8 Å². The van der Waals surface area contributed by atoms with E-state index in [1.807, 2.05) is 0 Å². The summed E-state index contributed by atoms with van der Waals surface area (Å²) in [5.74, 6) is -0.536. The summed E-state index contributed by atoms with van der Waals surface area (Å²) in [6.45, 7) is 6.88. The lowest BCUT2D eigenvalue weighted by Gasteiger charge is -2.20. The van der Waals surface area contributed by atoms with Crippen LogP contribution >= 0.6 is 7.82 Å². The molecular formula is C10H20O7P-. The minimum Gasteiger partial charge on any atom is -0.756 e. The number of carbonyl (C=O) groups is 1. The third kappa shape index (κ3) is 15.1. The van der Waals surface area contributed by atoms with E-state index in [2.05, 4.69) is 13.8 Å². The number of phosphoric acid groups is 1. The SMILES string of the molecule is CCOC(=O)/C=C(/C)O.CCOP(=O)([O-])OCC. The number of esters is 1. The second-order valence-electron chi connectivity index (χ2n) is 2.82. The Morgan fingerprint density at radius 2 is 1.67 bits per heavy atom. The molecule has 0 amide bonds. The zero-order chi connectivity index (χ0) is 14.6. The maximum absolute atomic E-state index is 10.4. The van der Waals surface area contributed by atoms with E-state index in [-0.39, 0.29) is 19.0 Å². The highest BCUT2D eigenvalue weighted by Gasteiger charge is 2.04. The molecule has 0 aromatic carbocycles. The Balaban J connectivity index is 0. The number of rotatable bonds is 6. The van der Waals surface area contributed by atoms with Crippen LogP contribution in [0, 0.1) is 0 Å². The van der Waals surface area contributed by atoms with Crippen LogP contribution < -0.4 is 4.89 Å². The van der Waals surface area contributed by atoms with Gasteiger partial charge < -0.3 is 23.8 Å². The highest BCUT2D eigenvalue weighted by atomic mass is 31.2. The van der Waals surface area contributed by atoms with Crippen LogP contribution in [0.2, 0.25) is 0 Å². The maximum atomic E-state index is 10.4. The zero-order valence-electron chi connectivity index (χ0n) is 11.0. The zero-order valence-corrected chi connectivity index (χ0v) is 11.9. The lowest BCUT2D eigenvalue weighted by Crippen LogP contribution is -2.07. The van der Waals surface area contributed by atoms with Gasteiger partial charge in [-0.3, -0.25) is 4.57 Å². The van der Waals surface area contributed by atoms with E-state index in [1.54, 1.807) is 20.8 Å². The van der Waals surface area contributed by atoms with Gasteiger partial charge in [-0.15, -0.1) is 0 Å². The van der Waals surface area contributed by atoms with Crippen LogP contribution in [0.5, 0.6) is 0 Å². The number of hydrogen-bond acceptors (Lipinski definition) is 7. The van der Waals surface area contributed by atoms with Gasteiger partial charge in [0.15, 0.2) is 0 Å². The molecular weight excluding hydrogens is 263 g/mol. The third-order valence-corrected chi connectivity index (χ3v) is 2.34. The van der Waals surface area contributed by atoms with Gasteiger partial charge in [0.2, 0.25) is 0 Å². The van der Waals surface area contributed by atoms with Gasteiger partial charge in [-0.2, -0.15) is 0 Å². The van der Waals surface area contributed by atoms with Crippen LogP contribution in [0.15, 0.2) is 11.8 Å². The summed E-state index contributed by atoms with van der Waals surface area (Å²) in [5.41, 5.74) is 0. The summed E-state index contributed by atoms with van der Waals surface area (Å²) in [6, 6.07) is 0. The number of aliphatic hydroxyl groups is 1. The molecule has 8 heteroatoms. The van der Waals surface area contributed by atoms with Gasteiger partial charge in [-0.05, 0) is 27.7 Å². The van der Waals surface area contributed by atoms with Crippen LogP contribution in [0.25, 0.3) is 0 Å². The van der Waals surface area contributed by atoms with Gasteiger partial charge in [0.1, 0.15) is 0 Å². The van der Waals surface area contributed by atoms with Crippen molar-refractivity contribution in [3.63, 3.8) is 0 Å². The van der Waals surface area contributed by atoms with Crippen molar-refractivity contribution in [1.29, 1.82) is 0 Å². The van der Waals surface area contributed by atoms with E-state index in [4.69, 9.17) is 5.11 Å². The van der Waals surface area contributed by atoms with Crippen molar-refractivity contribution in [3.8, 4) is 0 Å². The third-order valence-electron chi connectivity index (χ3n) is 1.19. The molecule has 0 saturated carbocycles. The molecule has 0 aromatic heterocycles. The molecule has 7 nitrogen and oxygen atoms in total. The predicted octanol–water partition coefficient (Wildman–Crippen LogP) is 1.54. The first-order valence-corrected chi connectivity index (χ1v) is 6.89. The van der Waals surface area contributed by atoms with Crippen molar-refractivity contribution in [1.82, 2.24) is 0 Å². The molecule has 0 saturated heterocycles.